The Kier molecular flexibility index (Phi) is 4.68. The van der Waals surface area contributed by atoms with Gasteiger partial charge >= 0.3 is 106 Å². The van der Waals surface area contributed by atoms with Crippen molar-refractivity contribution in [2.75, 3.05) is 5.73 Å². The van der Waals surface area contributed by atoms with Gasteiger partial charge in [-0.3, -0.25) is 0 Å². The Bertz CT molecular complexity index is 442. The van der Waals surface area contributed by atoms with E-state index in [-0.39, 0.29) is 5.82 Å². The van der Waals surface area contributed by atoms with Gasteiger partial charge in [0.05, 0.1) is 0 Å². The quantitative estimate of drug-likeness (QED) is 0.110. The summed E-state index contributed by atoms with van der Waals surface area (Å²) in [5.74, 6) is -0.935. The van der Waals surface area contributed by atoms with Crippen LogP contribution in [0.4, 0.5) is 14.6 Å². The molecule has 1 unspecified atom stereocenters. The number of halogens is 3. The van der Waals surface area contributed by atoms with Crippen molar-refractivity contribution >= 4 is 11.7 Å². The number of nitrogens with one attached hydrogen (secondary N) is 2. The van der Waals surface area contributed by atoms with Crippen LogP contribution in [0, 0.1) is 21.1 Å². The van der Waals surface area contributed by atoms with Crippen LogP contribution in [0.25, 0.3) is 0 Å². The standard InChI is InChI=1S/C8H10F2IN4O2/c1-4-2-5(11-15(16)17)3-14(7(4)12)8(13)6(9)10/h2-3,6,12-13,15-16H,1H3/q-1/p+1. The van der Waals surface area contributed by atoms with Crippen molar-refractivity contribution in [3.8, 4) is 0 Å². The van der Waals surface area contributed by atoms with Crippen molar-refractivity contribution < 1.29 is 43.5 Å². The molecule has 0 amide bonds. The second kappa shape index (κ2) is 5.62. The monoisotopic (exact) mass is 360 g/mol. The third-order valence-corrected chi connectivity index (χ3v) is 3.60. The van der Waals surface area contributed by atoms with Gasteiger partial charge in [-0.05, 0) is 0 Å². The number of pyridine rings is 1. The molecule has 1 heterocycles. The molecule has 0 saturated heterocycles. The van der Waals surface area contributed by atoms with Gasteiger partial charge in [0.25, 0.3) is 0 Å². The molecule has 1 aromatic heterocycles. The van der Waals surface area contributed by atoms with E-state index < -0.39 is 37.2 Å². The summed E-state index contributed by atoms with van der Waals surface area (Å²) in [4.78, 5) is 0. The molecule has 1 rings (SSSR count). The van der Waals surface area contributed by atoms with Gasteiger partial charge in [-0.2, -0.15) is 0 Å². The van der Waals surface area contributed by atoms with E-state index in [9.17, 15) is 14.0 Å². The normalized spacial score (nSPS) is 13.1. The minimum atomic E-state index is -2.96. The molecule has 0 spiro atoms. The number of rotatable bonds is 3. The van der Waals surface area contributed by atoms with Crippen LogP contribution in [0.3, 0.4) is 0 Å². The van der Waals surface area contributed by atoms with Gasteiger partial charge in [-0.25, -0.2) is 0 Å². The van der Waals surface area contributed by atoms with Crippen molar-refractivity contribution in [2.24, 2.45) is 0 Å². The maximum atomic E-state index is 12.4. The first-order chi connectivity index (χ1) is 7.82. The summed E-state index contributed by atoms with van der Waals surface area (Å²) < 4.78 is 25.1. The third-order valence-electron chi connectivity index (χ3n) is 1.93. The van der Waals surface area contributed by atoms with E-state index in [4.69, 9.17) is 16.4 Å². The Balaban J connectivity index is 3.20. The van der Waals surface area contributed by atoms with Gasteiger partial charge in [0.2, 0.25) is 0 Å². The van der Waals surface area contributed by atoms with Crippen LogP contribution in [0.1, 0.15) is 5.56 Å². The Morgan fingerprint density at radius 3 is 2.76 bits per heavy atom. The van der Waals surface area contributed by atoms with E-state index in [1.54, 1.807) is 13.0 Å². The molecular weight excluding hydrogens is 349 g/mol. The zero-order chi connectivity index (χ0) is 13.2. The van der Waals surface area contributed by atoms with E-state index in [1.807, 2.05) is 0 Å². The van der Waals surface area contributed by atoms with E-state index in [0.29, 0.717) is 9.13 Å². The maximum absolute atomic E-state index is 12.4. The molecule has 0 radical (unpaired) electrons. The molecule has 0 aliphatic carbocycles. The van der Waals surface area contributed by atoms with Crippen molar-refractivity contribution in [3.05, 3.63) is 26.6 Å². The first kappa shape index (κ1) is 14.2. The number of nitrogens with two attached hydrogens (primary N) is 1. The van der Waals surface area contributed by atoms with Gasteiger partial charge in [-0.1, -0.05) is 0 Å². The number of anilines is 1. The molecule has 9 heteroatoms. The predicted octanol–water partition coefficient (Wildman–Crippen LogP) is -4.10. The minimum absolute atomic E-state index is 0.0217. The number of alkyl halides is 2. The van der Waals surface area contributed by atoms with Crippen LogP contribution in [-0.4, -0.2) is 17.5 Å². The number of nitrogens with zero attached hydrogens (tertiary/aromatic N) is 1. The number of nitrogen functional groups attached to an aromatic ring is 1. The molecule has 0 aromatic carbocycles. The fourth-order valence-corrected chi connectivity index (χ4v) is 2.72. The average Bonchev–Trinajstić information content (AvgIpc) is 2.21. The molecule has 1 atom stereocenters. The fraction of sp³-hybridized carbons (Fsp3) is 0.250. The van der Waals surface area contributed by atoms with E-state index in [2.05, 4.69) is 0 Å². The molecule has 0 saturated carbocycles. The molecule has 0 aliphatic rings. The van der Waals surface area contributed by atoms with Crippen LogP contribution < -0.4 is 35.2 Å². The number of aromatic nitrogens is 1. The van der Waals surface area contributed by atoms with E-state index in [0.717, 1.165) is 4.57 Å². The molecule has 5 N–H and O–H groups in total. The molecule has 1 aromatic rings. The summed E-state index contributed by atoms with van der Waals surface area (Å²) in [5, 5.41) is 26.5. The van der Waals surface area contributed by atoms with Crippen LogP contribution in [0.5, 0.6) is 0 Å². The molecule has 0 bridgehead atoms. The number of aryl methyl sites for hydroxylation is 1. The summed E-state index contributed by atoms with van der Waals surface area (Å²) in [6.07, 6.45) is -1.77. The molecule has 0 fully saturated rings. The van der Waals surface area contributed by atoms with Crippen LogP contribution >= 0.6 is 0 Å². The third kappa shape index (κ3) is 3.52. The summed E-state index contributed by atoms with van der Waals surface area (Å²) >= 11 is -1.33. The van der Waals surface area contributed by atoms with E-state index >= 15 is 0 Å². The Morgan fingerprint density at radius 2 is 2.29 bits per heavy atom. The Hall–Kier alpha value is -0.910. The molecule has 6 nitrogen and oxygen atoms in total. The van der Waals surface area contributed by atoms with Gasteiger partial charge in [0, 0.05) is 0 Å². The predicted molar refractivity (Wildman–Crippen MR) is 49.7 cm³/mol. The molecule has 96 valence electrons. The topological polar surface area (TPSA) is 101 Å². The van der Waals surface area contributed by atoms with Crippen molar-refractivity contribution in [3.63, 3.8) is 0 Å². The zero-order valence-electron chi connectivity index (χ0n) is 8.75. The van der Waals surface area contributed by atoms with Gasteiger partial charge < -0.3 is 0 Å². The molecule has 17 heavy (non-hydrogen) atoms. The summed E-state index contributed by atoms with van der Waals surface area (Å²) in [6, 6.07) is 1.55. The summed E-state index contributed by atoms with van der Waals surface area (Å²) in [5.41, 5.74) is 6.06. The second-order valence-corrected chi connectivity index (χ2v) is 5.84. The van der Waals surface area contributed by atoms with E-state index in [1.165, 1.54) is 6.20 Å². The summed E-state index contributed by atoms with van der Waals surface area (Å²) in [6.45, 7) is 1.58. The Labute approximate surface area is 106 Å². The van der Waals surface area contributed by atoms with Gasteiger partial charge in [0.15, 0.2) is 0 Å². The molecular formula is C8H11F2IN4O2. The number of hydrogen-bond donors (Lipinski definition) is 4. The first-order valence-corrected chi connectivity index (χ1v) is 6.55. The van der Waals surface area contributed by atoms with Crippen LogP contribution in [0.15, 0.2) is 12.3 Å². The summed E-state index contributed by atoms with van der Waals surface area (Å²) in [7, 11) is 0. The number of quaternary nitrogens is 1. The van der Waals surface area contributed by atoms with Gasteiger partial charge in [-0.15, -0.1) is 0 Å². The Morgan fingerprint density at radius 1 is 1.71 bits per heavy atom. The first-order valence-electron chi connectivity index (χ1n) is 4.39. The van der Waals surface area contributed by atoms with Crippen LogP contribution in [-0.2, 0) is 0 Å². The molecule has 0 aliphatic heterocycles. The van der Waals surface area contributed by atoms with Crippen molar-refractivity contribution in [1.29, 1.82) is 5.41 Å². The second-order valence-electron chi connectivity index (χ2n) is 3.13. The SMILES string of the molecule is Cc1cc([I-][NH+]([O-])O)c[n+](C(=N)C(F)F)c1N. The van der Waals surface area contributed by atoms with Crippen molar-refractivity contribution in [2.45, 2.75) is 13.3 Å². The fourth-order valence-electron chi connectivity index (χ4n) is 1.15. The average molecular weight is 360 g/mol. The van der Waals surface area contributed by atoms with Crippen molar-refractivity contribution in [1.82, 2.24) is 0 Å². The zero-order valence-corrected chi connectivity index (χ0v) is 10.9. The van der Waals surface area contributed by atoms with Gasteiger partial charge in [0.1, 0.15) is 0 Å². The van der Waals surface area contributed by atoms with Crippen LogP contribution in [0.2, 0.25) is 0 Å². The number of hydrogen-bond acceptors (Lipinski definition) is 4.